The largest absolute Gasteiger partial charge is 0.488 e. The average Bonchev–Trinajstić information content (AvgIpc) is 2.65. The molecule has 0 aromatic heterocycles. The van der Waals surface area contributed by atoms with E-state index in [2.05, 4.69) is 29.6 Å². The highest BCUT2D eigenvalue weighted by molar-refractivity contribution is 5.26. The van der Waals surface area contributed by atoms with Crippen molar-refractivity contribution in [3.8, 4) is 5.75 Å². The minimum Gasteiger partial charge on any atom is -0.488 e. The van der Waals surface area contributed by atoms with Gasteiger partial charge in [0.2, 0.25) is 0 Å². The Morgan fingerprint density at radius 2 is 1.72 bits per heavy atom. The minimum atomic E-state index is -0.574. The third kappa shape index (κ3) is 5.25. The van der Waals surface area contributed by atoms with E-state index in [1.165, 1.54) is 18.4 Å². The molecule has 3 nitrogen and oxygen atoms in total. The molecular weight excluding hydrogens is 324 g/mol. The predicted octanol–water partition coefficient (Wildman–Crippen LogP) is 4.03. The van der Waals surface area contributed by atoms with E-state index in [4.69, 9.17) is 9.47 Å². The summed E-state index contributed by atoms with van der Waals surface area (Å²) in [5.74, 6) is -0.540. The summed E-state index contributed by atoms with van der Waals surface area (Å²) in [6.07, 6.45) is 2.37. The quantitative estimate of drug-likeness (QED) is 0.767. The van der Waals surface area contributed by atoms with E-state index in [1.54, 1.807) is 0 Å². The van der Waals surface area contributed by atoms with Gasteiger partial charge in [-0.25, -0.2) is 8.78 Å². The van der Waals surface area contributed by atoms with Crippen LogP contribution in [0.4, 0.5) is 8.78 Å². The van der Waals surface area contributed by atoms with E-state index < -0.39 is 11.6 Å². The molecule has 134 valence electrons. The van der Waals surface area contributed by atoms with E-state index in [-0.39, 0.29) is 12.4 Å². The molecule has 0 spiro atoms. The molecule has 0 atom stereocenters. The highest BCUT2D eigenvalue weighted by Gasteiger charge is 2.14. The average molecular weight is 347 g/mol. The van der Waals surface area contributed by atoms with E-state index in [0.29, 0.717) is 19.1 Å². The second-order valence-corrected chi connectivity index (χ2v) is 6.24. The van der Waals surface area contributed by atoms with Crippen LogP contribution in [-0.2, 0) is 11.3 Å². The van der Waals surface area contributed by atoms with Crippen molar-refractivity contribution in [2.75, 3.05) is 26.3 Å². The molecule has 2 aromatic rings. The molecule has 0 aliphatic carbocycles. The topological polar surface area (TPSA) is 30.5 Å². The Bertz CT molecular complexity index is 670. The summed E-state index contributed by atoms with van der Waals surface area (Å²) in [4.78, 5) is 0. The van der Waals surface area contributed by atoms with Gasteiger partial charge in [-0.1, -0.05) is 24.3 Å². The summed E-state index contributed by atoms with van der Waals surface area (Å²) in [7, 11) is 0. The zero-order chi connectivity index (χ0) is 17.5. The highest BCUT2D eigenvalue weighted by atomic mass is 19.1. The number of rotatable bonds is 7. The standard InChI is InChI=1S/C20H23F2NO2/c21-18-5-6-19(22)20(13-18)25-12-11-24-14-15-1-3-16(4-2-15)17-7-9-23-10-8-17/h1-6,13,17,23H,7-12,14H2. The second kappa shape index (κ2) is 8.92. The molecule has 1 aliphatic rings. The second-order valence-electron chi connectivity index (χ2n) is 6.24. The lowest BCUT2D eigenvalue weighted by molar-refractivity contribution is 0.0875. The molecule has 1 heterocycles. The van der Waals surface area contributed by atoms with Crippen LogP contribution in [0.3, 0.4) is 0 Å². The van der Waals surface area contributed by atoms with Crippen molar-refractivity contribution in [2.45, 2.75) is 25.4 Å². The van der Waals surface area contributed by atoms with Crippen LogP contribution in [0.2, 0.25) is 0 Å². The van der Waals surface area contributed by atoms with Gasteiger partial charge in [-0.2, -0.15) is 0 Å². The molecule has 0 radical (unpaired) electrons. The number of halogens is 2. The van der Waals surface area contributed by atoms with Gasteiger partial charge in [0, 0.05) is 6.07 Å². The van der Waals surface area contributed by atoms with Gasteiger partial charge >= 0.3 is 0 Å². The molecule has 0 unspecified atom stereocenters. The monoisotopic (exact) mass is 347 g/mol. The zero-order valence-corrected chi connectivity index (χ0v) is 14.1. The first kappa shape index (κ1) is 17.8. The summed E-state index contributed by atoms with van der Waals surface area (Å²) in [5, 5.41) is 3.38. The van der Waals surface area contributed by atoms with Crippen molar-refractivity contribution in [2.24, 2.45) is 0 Å². The maximum absolute atomic E-state index is 13.4. The summed E-state index contributed by atoms with van der Waals surface area (Å²) in [6.45, 7) is 3.13. The third-order valence-corrected chi connectivity index (χ3v) is 4.44. The fourth-order valence-electron chi connectivity index (χ4n) is 3.03. The number of benzene rings is 2. The molecule has 1 N–H and O–H groups in total. The van der Waals surface area contributed by atoms with Crippen molar-refractivity contribution in [3.63, 3.8) is 0 Å². The van der Waals surface area contributed by atoms with Crippen molar-refractivity contribution in [1.29, 1.82) is 0 Å². The lowest BCUT2D eigenvalue weighted by atomic mass is 9.90. The fourth-order valence-corrected chi connectivity index (χ4v) is 3.03. The summed E-state index contributed by atoms with van der Waals surface area (Å²) in [5.41, 5.74) is 2.48. The molecule has 5 heteroatoms. The van der Waals surface area contributed by atoms with Crippen molar-refractivity contribution >= 4 is 0 Å². The van der Waals surface area contributed by atoms with Gasteiger partial charge in [0.15, 0.2) is 11.6 Å². The van der Waals surface area contributed by atoms with Crippen molar-refractivity contribution < 1.29 is 18.3 Å². The number of nitrogens with one attached hydrogen (secondary N) is 1. The summed E-state index contributed by atoms with van der Waals surface area (Å²) in [6, 6.07) is 11.7. The van der Waals surface area contributed by atoms with Gasteiger partial charge in [-0.15, -0.1) is 0 Å². The van der Waals surface area contributed by atoms with Crippen LogP contribution >= 0.6 is 0 Å². The van der Waals surface area contributed by atoms with E-state index in [9.17, 15) is 8.78 Å². The Hall–Kier alpha value is -1.98. The lowest BCUT2D eigenvalue weighted by Crippen LogP contribution is -2.26. The number of hydrogen-bond donors (Lipinski definition) is 1. The normalized spacial score (nSPS) is 15.3. The van der Waals surface area contributed by atoms with Crippen LogP contribution in [-0.4, -0.2) is 26.3 Å². The van der Waals surface area contributed by atoms with Crippen LogP contribution in [0, 0.1) is 11.6 Å². The smallest absolute Gasteiger partial charge is 0.165 e. The molecule has 2 aromatic carbocycles. The van der Waals surface area contributed by atoms with E-state index in [1.807, 2.05) is 0 Å². The van der Waals surface area contributed by atoms with Gasteiger partial charge in [0.25, 0.3) is 0 Å². The Morgan fingerprint density at radius 1 is 0.960 bits per heavy atom. The van der Waals surface area contributed by atoms with Gasteiger partial charge in [-0.05, 0) is 55.1 Å². The molecule has 1 fully saturated rings. The molecule has 1 aliphatic heterocycles. The number of ether oxygens (including phenoxy) is 2. The first-order valence-electron chi connectivity index (χ1n) is 8.67. The first-order valence-corrected chi connectivity index (χ1v) is 8.67. The van der Waals surface area contributed by atoms with Gasteiger partial charge in [0.05, 0.1) is 13.2 Å². The molecule has 0 amide bonds. The molecular formula is C20H23F2NO2. The molecule has 3 rings (SSSR count). The first-order chi connectivity index (χ1) is 12.2. The Balaban J connectivity index is 1.39. The predicted molar refractivity (Wildman–Crippen MR) is 92.8 cm³/mol. The maximum atomic E-state index is 13.4. The minimum absolute atomic E-state index is 0.0880. The van der Waals surface area contributed by atoms with E-state index >= 15 is 0 Å². The highest BCUT2D eigenvalue weighted by Crippen LogP contribution is 2.25. The van der Waals surface area contributed by atoms with Crippen molar-refractivity contribution in [3.05, 3.63) is 65.2 Å². The van der Waals surface area contributed by atoms with Gasteiger partial charge in [-0.3, -0.25) is 0 Å². The molecule has 25 heavy (non-hydrogen) atoms. The van der Waals surface area contributed by atoms with Crippen molar-refractivity contribution in [1.82, 2.24) is 5.32 Å². The van der Waals surface area contributed by atoms with Crippen LogP contribution in [0.25, 0.3) is 0 Å². The van der Waals surface area contributed by atoms with Gasteiger partial charge < -0.3 is 14.8 Å². The maximum Gasteiger partial charge on any atom is 0.165 e. The Labute approximate surface area is 147 Å². The van der Waals surface area contributed by atoms with Crippen LogP contribution < -0.4 is 10.1 Å². The Kier molecular flexibility index (Phi) is 6.36. The van der Waals surface area contributed by atoms with Gasteiger partial charge in [0.1, 0.15) is 12.4 Å². The number of hydrogen-bond acceptors (Lipinski definition) is 3. The number of piperidine rings is 1. The summed E-state index contributed by atoms with van der Waals surface area (Å²) < 4.78 is 37.2. The molecule has 1 saturated heterocycles. The van der Waals surface area contributed by atoms with Crippen LogP contribution in [0.1, 0.15) is 29.9 Å². The van der Waals surface area contributed by atoms with Crippen LogP contribution in [0.5, 0.6) is 5.75 Å². The molecule has 0 saturated carbocycles. The Morgan fingerprint density at radius 3 is 2.48 bits per heavy atom. The molecule has 0 bridgehead atoms. The third-order valence-electron chi connectivity index (χ3n) is 4.44. The fraction of sp³-hybridized carbons (Fsp3) is 0.400. The lowest BCUT2D eigenvalue weighted by Gasteiger charge is -2.23. The van der Waals surface area contributed by atoms with Crippen LogP contribution in [0.15, 0.2) is 42.5 Å². The van der Waals surface area contributed by atoms with E-state index in [0.717, 1.165) is 36.9 Å². The zero-order valence-electron chi connectivity index (χ0n) is 14.1. The summed E-state index contributed by atoms with van der Waals surface area (Å²) >= 11 is 0. The SMILES string of the molecule is Fc1ccc(F)c(OCCOCc2ccc(C3CCNCC3)cc2)c1.